The lowest BCUT2D eigenvalue weighted by molar-refractivity contribution is 0.572. The second-order valence-corrected chi connectivity index (χ2v) is 6.40. The molecule has 1 atom stereocenters. The van der Waals surface area contributed by atoms with Gasteiger partial charge in [-0.2, -0.15) is 0 Å². The molecule has 1 nitrogen and oxygen atoms in total. The number of aryl methyl sites for hydroxylation is 2. The van der Waals surface area contributed by atoms with Gasteiger partial charge in [-0.15, -0.1) is 0 Å². The van der Waals surface area contributed by atoms with Crippen LogP contribution >= 0.6 is 11.6 Å². The minimum Gasteiger partial charge on any atom is -0.306 e. The van der Waals surface area contributed by atoms with Crippen LogP contribution in [-0.4, -0.2) is 0 Å². The molecular formula is C19H22ClN. The van der Waals surface area contributed by atoms with Crippen molar-refractivity contribution in [3.63, 3.8) is 0 Å². The van der Waals surface area contributed by atoms with E-state index in [2.05, 4.69) is 36.5 Å². The fourth-order valence-corrected chi connectivity index (χ4v) is 3.27. The molecular weight excluding hydrogens is 278 g/mol. The van der Waals surface area contributed by atoms with E-state index in [1.807, 2.05) is 18.2 Å². The standard InChI is InChI=1S/C19H22ClN/c1-14(21-13-15-5-4-8-19(20)11-15)17-10-9-16-6-2-3-7-18(16)12-17/h4-5,8-12,14,21H,2-3,6-7,13H2,1H3. The molecule has 0 spiro atoms. The second-order valence-electron chi connectivity index (χ2n) is 5.97. The zero-order valence-corrected chi connectivity index (χ0v) is 13.3. The smallest absolute Gasteiger partial charge is 0.0409 e. The lowest BCUT2D eigenvalue weighted by atomic mass is 9.89. The summed E-state index contributed by atoms with van der Waals surface area (Å²) in [5.74, 6) is 0. The molecule has 1 unspecified atom stereocenters. The van der Waals surface area contributed by atoms with Gasteiger partial charge in [-0.1, -0.05) is 41.9 Å². The molecule has 1 aliphatic carbocycles. The highest BCUT2D eigenvalue weighted by Gasteiger charge is 2.12. The molecule has 21 heavy (non-hydrogen) atoms. The summed E-state index contributed by atoms with van der Waals surface area (Å²) >= 11 is 6.03. The molecule has 0 aromatic heterocycles. The Bertz CT molecular complexity index is 621. The normalized spacial score (nSPS) is 15.5. The average molecular weight is 300 g/mol. The van der Waals surface area contributed by atoms with Crippen molar-refractivity contribution in [2.75, 3.05) is 0 Å². The Kier molecular flexibility index (Phi) is 4.62. The molecule has 2 aromatic carbocycles. The molecule has 0 radical (unpaired) electrons. The third-order valence-electron chi connectivity index (χ3n) is 4.37. The molecule has 110 valence electrons. The van der Waals surface area contributed by atoms with Gasteiger partial charge in [0.15, 0.2) is 0 Å². The molecule has 3 rings (SSSR count). The Morgan fingerprint density at radius 3 is 2.67 bits per heavy atom. The van der Waals surface area contributed by atoms with Crippen molar-refractivity contribution in [2.45, 2.75) is 45.2 Å². The monoisotopic (exact) mass is 299 g/mol. The average Bonchev–Trinajstić information content (AvgIpc) is 2.52. The van der Waals surface area contributed by atoms with Crippen LogP contribution in [0.1, 0.15) is 48.1 Å². The van der Waals surface area contributed by atoms with E-state index in [-0.39, 0.29) is 0 Å². The molecule has 2 aromatic rings. The largest absolute Gasteiger partial charge is 0.306 e. The molecule has 1 aliphatic rings. The number of hydrogen-bond acceptors (Lipinski definition) is 1. The topological polar surface area (TPSA) is 12.0 Å². The fourth-order valence-electron chi connectivity index (χ4n) is 3.06. The van der Waals surface area contributed by atoms with Crippen LogP contribution in [0.4, 0.5) is 0 Å². The maximum absolute atomic E-state index is 6.03. The van der Waals surface area contributed by atoms with Crippen LogP contribution < -0.4 is 5.32 Å². The zero-order valence-electron chi connectivity index (χ0n) is 12.5. The summed E-state index contributed by atoms with van der Waals surface area (Å²) in [6, 6.07) is 15.4. The van der Waals surface area contributed by atoms with Crippen LogP contribution in [0.5, 0.6) is 0 Å². The van der Waals surface area contributed by atoms with Crippen LogP contribution in [0.15, 0.2) is 42.5 Å². The van der Waals surface area contributed by atoms with E-state index in [0.717, 1.165) is 11.6 Å². The van der Waals surface area contributed by atoms with Crippen LogP contribution in [0.3, 0.4) is 0 Å². The van der Waals surface area contributed by atoms with E-state index >= 15 is 0 Å². The summed E-state index contributed by atoms with van der Waals surface area (Å²) in [6.07, 6.45) is 5.17. The van der Waals surface area contributed by atoms with Gasteiger partial charge in [0.25, 0.3) is 0 Å². The van der Waals surface area contributed by atoms with Gasteiger partial charge >= 0.3 is 0 Å². The molecule has 0 aliphatic heterocycles. The highest BCUT2D eigenvalue weighted by molar-refractivity contribution is 6.30. The quantitative estimate of drug-likeness (QED) is 0.831. The van der Waals surface area contributed by atoms with Crippen molar-refractivity contribution in [1.29, 1.82) is 0 Å². The van der Waals surface area contributed by atoms with Gasteiger partial charge in [-0.05, 0) is 67.0 Å². The lowest BCUT2D eigenvalue weighted by Crippen LogP contribution is -2.18. The molecule has 0 bridgehead atoms. The molecule has 0 amide bonds. The molecule has 0 saturated carbocycles. The minimum atomic E-state index is 0.358. The van der Waals surface area contributed by atoms with E-state index in [1.165, 1.54) is 36.8 Å². The summed E-state index contributed by atoms with van der Waals surface area (Å²) in [4.78, 5) is 0. The van der Waals surface area contributed by atoms with Crippen molar-refractivity contribution in [3.8, 4) is 0 Å². The SMILES string of the molecule is CC(NCc1cccc(Cl)c1)c1ccc2c(c1)CCCC2. The van der Waals surface area contributed by atoms with Crippen molar-refractivity contribution in [1.82, 2.24) is 5.32 Å². The number of halogens is 1. The Morgan fingerprint density at radius 2 is 1.86 bits per heavy atom. The Morgan fingerprint density at radius 1 is 1.05 bits per heavy atom. The minimum absolute atomic E-state index is 0.358. The van der Waals surface area contributed by atoms with E-state index in [9.17, 15) is 0 Å². The maximum atomic E-state index is 6.03. The van der Waals surface area contributed by atoms with Gasteiger partial charge in [0.1, 0.15) is 0 Å². The Balaban J connectivity index is 1.66. The third kappa shape index (κ3) is 3.66. The van der Waals surface area contributed by atoms with Gasteiger partial charge < -0.3 is 5.32 Å². The van der Waals surface area contributed by atoms with E-state index in [0.29, 0.717) is 6.04 Å². The predicted octanol–water partition coefficient (Wildman–Crippen LogP) is 5.07. The fraction of sp³-hybridized carbons (Fsp3) is 0.368. The highest BCUT2D eigenvalue weighted by atomic mass is 35.5. The third-order valence-corrected chi connectivity index (χ3v) is 4.61. The first-order valence-corrected chi connectivity index (χ1v) is 8.20. The summed E-state index contributed by atoms with van der Waals surface area (Å²) in [5, 5.41) is 4.39. The van der Waals surface area contributed by atoms with Crippen LogP contribution in [0, 0.1) is 0 Å². The van der Waals surface area contributed by atoms with Crippen molar-refractivity contribution in [3.05, 3.63) is 69.7 Å². The molecule has 1 N–H and O–H groups in total. The summed E-state index contributed by atoms with van der Waals surface area (Å²) in [5.41, 5.74) is 5.71. The highest BCUT2D eigenvalue weighted by Crippen LogP contribution is 2.25. The molecule has 0 saturated heterocycles. The molecule has 0 fully saturated rings. The van der Waals surface area contributed by atoms with Gasteiger partial charge in [-0.25, -0.2) is 0 Å². The first-order chi connectivity index (χ1) is 10.2. The van der Waals surface area contributed by atoms with Crippen molar-refractivity contribution in [2.24, 2.45) is 0 Å². The number of hydrogen-bond donors (Lipinski definition) is 1. The maximum Gasteiger partial charge on any atom is 0.0409 e. The van der Waals surface area contributed by atoms with Crippen molar-refractivity contribution >= 4 is 11.6 Å². The predicted molar refractivity (Wildman–Crippen MR) is 89.8 cm³/mol. The number of fused-ring (bicyclic) bond motifs is 1. The van der Waals surface area contributed by atoms with Gasteiger partial charge in [0.2, 0.25) is 0 Å². The van der Waals surface area contributed by atoms with E-state index < -0.39 is 0 Å². The van der Waals surface area contributed by atoms with Gasteiger partial charge in [0, 0.05) is 17.6 Å². The van der Waals surface area contributed by atoms with Crippen molar-refractivity contribution < 1.29 is 0 Å². The number of benzene rings is 2. The van der Waals surface area contributed by atoms with E-state index in [1.54, 1.807) is 11.1 Å². The second kappa shape index (κ2) is 6.64. The summed E-state index contributed by atoms with van der Waals surface area (Å²) in [7, 11) is 0. The Hall–Kier alpha value is -1.31. The van der Waals surface area contributed by atoms with Crippen LogP contribution in [0.2, 0.25) is 5.02 Å². The summed E-state index contributed by atoms with van der Waals surface area (Å²) in [6.45, 7) is 3.08. The van der Waals surface area contributed by atoms with Crippen LogP contribution in [-0.2, 0) is 19.4 Å². The van der Waals surface area contributed by atoms with Gasteiger partial charge in [0.05, 0.1) is 0 Å². The first-order valence-electron chi connectivity index (χ1n) is 7.82. The number of rotatable bonds is 4. The number of nitrogens with one attached hydrogen (secondary N) is 1. The Labute approximate surface area is 132 Å². The van der Waals surface area contributed by atoms with Gasteiger partial charge in [-0.3, -0.25) is 0 Å². The zero-order chi connectivity index (χ0) is 14.7. The van der Waals surface area contributed by atoms with E-state index in [4.69, 9.17) is 11.6 Å². The first kappa shape index (κ1) is 14.6. The molecule has 2 heteroatoms. The molecule has 0 heterocycles. The lowest BCUT2D eigenvalue weighted by Gasteiger charge is -2.20. The summed E-state index contributed by atoms with van der Waals surface area (Å²) < 4.78 is 0. The van der Waals surface area contributed by atoms with Crippen LogP contribution in [0.25, 0.3) is 0 Å².